The summed E-state index contributed by atoms with van der Waals surface area (Å²) in [7, 11) is 2.06. The van der Waals surface area contributed by atoms with Gasteiger partial charge in [0.1, 0.15) is 12.4 Å². The Hall–Kier alpha value is -1.64. The Labute approximate surface area is 121 Å². The van der Waals surface area contributed by atoms with Gasteiger partial charge in [-0.2, -0.15) is 4.99 Å². The largest absolute Gasteiger partial charge is 0.492 e. The van der Waals surface area contributed by atoms with Gasteiger partial charge in [0.15, 0.2) is 0 Å². The molecule has 0 heterocycles. The lowest BCUT2D eigenvalue weighted by molar-refractivity contribution is 0.241. The molecule has 0 aliphatic rings. The molecule has 0 amide bonds. The van der Waals surface area contributed by atoms with Gasteiger partial charge in [-0.1, -0.05) is 26.8 Å². The monoisotopic (exact) mass is 276 g/mol. The Balaban J connectivity index is 2.87. The second-order valence-corrected chi connectivity index (χ2v) is 4.98. The number of benzene rings is 1. The van der Waals surface area contributed by atoms with Gasteiger partial charge >= 0.3 is 0 Å². The number of likely N-dealkylation sites (N-methyl/N-ethyl adjacent to an activating group) is 1. The van der Waals surface area contributed by atoms with Crippen LogP contribution in [0.5, 0.6) is 5.75 Å². The Bertz CT molecular complexity index is 468. The fourth-order valence-corrected chi connectivity index (χ4v) is 1.87. The van der Waals surface area contributed by atoms with Crippen LogP contribution in [0.15, 0.2) is 23.2 Å². The first kappa shape index (κ1) is 16.4. The van der Waals surface area contributed by atoms with E-state index in [-0.39, 0.29) is 0 Å². The predicted molar refractivity (Wildman–Crippen MR) is 81.6 cm³/mol. The normalized spacial score (nSPS) is 12.1. The Kier molecular flexibility index (Phi) is 6.99. The van der Waals surface area contributed by atoms with Crippen molar-refractivity contribution in [2.24, 2.45) is 4.99 Å². The molecule has 4 nitrogen and oxygen atoms in total. The second-order valence-electron chi connectivity index (χ2n) is 4.98. The van der Waals surface area contributed by atoms with Gasteiger partial charge in [0.25, 0.3) is 0 Å². The number of rotatable bonds is 8. The molecule has 0 aromatic heterocycles. The number of isocyanates is 1. The van der Waals surface area contributed by atoms with E-state index in [1.165, 1.54) is 0 Å². The molecule has 1 rings (SSSR count). The minimum Gasteiger partial charge on any atom is -0.492 e. The fourth-order valence-electron chi connectivity index (χ4n) is 1.87. The van der Waals surface area contributed by atoms with Crippen LogP contribution in [0.1, 0.15) is 38.7 Å². The lowest BCUT2D eigenvalue weighted by Crippen LogP contribution is -2.24. The Morgan fingerprint density at radius 3 is 2.75 bits per heavy atom. The molecule has 4 heteroatoms. The molecule has 0 radical (unpaired) electrons. The topological polar surface area (TPSA) is 41.9 Å². The molecule has 110 valence electrons. The first-order chi connectivity index (χ1) is 9.62. The van der Waals surface area contributed by atoms with Gasteiger partial charge < -0.3 is 9.64 Å². The van der Waals surface area contributed by atoms with Gasteiger partial charge in [0.05, 0.1) is 5.69 Å². The van der Waals surface area contributed by atoms with Crippen molar-refractivity contribution in [2.45, 2.75) is 33.1 Å². The molecule has 0 aliphatic carbocycles. The van der Waals surface area contributed by atoms with Gasteiger partial charge in [-0.25, -0.2) is 4.79 Å². The van der Waals surface area contributed by atoms with Crippen LogP contribution in [0.25, 0.3) is 0 Å². The zero-order valence-corrected chi connectivity index (χ0v) is 12.8. The van der Waals surface area contributed by atoms with Crippen molar-refractivity contribution in [2.75, 3.05) is 26.7 Å². The zero-order valence-electron chi connectivity index (χ0n) is 12.8. The van der Waals surface area contributed by atoms with Crippen LogP contribution in [-0.2, 0) is 4.79 Å². The summed E-state index contributed by atoms with van der Waals surface area (Å²) in [6.07, 6.45) is 2.61. The molecule has 0 aliphatic heterocycles. The number of carbonyl (C=O) groups excluding carboxylic acids is 1. The molecule has 1 aromatic carbocycles. The molecule has 0 spiro atoms. The van der Waals surface area contributed by atoms with E-state index in [1.807, 2.05) is 18.2 Å². The smallest absolute Gasteiger partial charge is 0.240 e. The zero-order chi connectivity index (χ0) is 15.0. The van der Waals surface area contributed by atoms with Crippen LogP contribution >= 0.6 is 0 Å². The number of hydrogen-bond acceptors (Lipinski definition) is 4. The van der Waals surface area contributed by atoms with E-state index in [0.29, 0.717) is 18.2 Å². The average Bonchev–Trinajstić information content (AvgIpc) is 2.47. The van der Waals surface area contributed by atoms with E-state index in [9.17, 15) is 4.79 Å². The van der Waals surface area contributed by atoms with Gasteiger partial charge in [0.2, 0.25) is 6.08 Å². The van der Waals surface area contributed by atoms with Crippen LogP contribution in [0.4, 0.5) is 5.69 Å². The summed E-state index contributed by atoms with van der Waals surface area (Å²) in [5.74, 6) is 1.24. The first-order valence-electron chi connectivity index (χ1n) is 7.15. The van der Waals surface area contributed by atoms with Crippen LogP contribution in [0, 0.1) is 0 Å². The van der Waals surface area contributed by atoms with E-state index in [2.05, 4.69) is 37.7 Å². The summed E-state index contributed by atoms with van der Waals surface area (Å²) in [5, 5.41) is 0. The summed E-state index contributed by atoms with van der Waals surface area (Å²) >= 11 is 0. The molecule has 1 unspecified atom stereocenters. The molecule has 20 heavy (non-hydrogen) atoms. The van der Waals surface area contributed by atoms with Crippen molar-refractivity contribution in [1.29, 1.82) is 0 Å². The van der Waals surface area contributed by atoms with Gasteiger partial charge in [-0.15, -0.1) is 0 Å². The standard InChI is InChI=1S/C16H24N2O2/c1-5-13(3)15-8-7-14(17-12-19)11-16(15)20-10-9-18(4)6-2/h7-8,11,13H,5-6,9-10H2,1-4H3. The number of hydrogen-bond donors (Lipinski definition) is 0. The van der Waals surface area contributed by atoms with E-state index in [0.717, 1.165) is 30.8 Å². The predicted octanol–water partition coefficient (Wildman–Crippen LogP) is 3.50. The van der Waals surface area contributed by atoms with E-state index < -0.39 is 0 Å². The Morgan fingerprint density at radius 1 is 1.40 bits per heavy atom. The summed E-state index contributed by atoms with van der Waals surface area (Å²) in [4.78, 5) is 16.2. The minimum absolute atomic E-state index is 0.420. The molecule has 0 bridgehead atoms. The SMILES string of the molecule is CCC(C)c1ccc(N=C=O)cc1OCCN(C)CC. The summed E-state index contributed by atoms with van der Waals surface area (Å²) < 4.78 is 5.89. The lowest BCUT2D eigenvalue weighted by Gasteiger charge is -2.18. The van der Waals surface area contributed by atoms with E-state index in [4.69, 9.17) is 4.74 Å². The molecule has 0 saturated heterocycles. The maximum Gasteiger partial charge on any atom is 0.240 e. The van der Waals surface area contributed by atoms with Crippen molar-refractivity contribution in [1.82, 2.24) is 4.90 Å². The number of ether oxygens (including phenoxy) is 1. The van der Waals surface area contributed by atoms with Crippen molar-refractivity contribution in [3.8, 4) is 5.75 Å². The number of aliphatic imine (C=N–C) groups is 1. The summed E-state index contributed by atoms with van der Waals surface area (Å²) in [6, 6.07) is 5.64. The minimum atomic E-state index is 0.420. The average molecular weight is 276 g/mol. The highest BCUT2D eigenvalue weighted by Crippen LogP contribution is 2.32. The highest BCUT2D eigenvalue weighted by Gasteiger charge is 2.11. The third-order valence-electron chi connectivity index (χ3n) is 3.59. The van der Waals surface area contributed by atoms with Gasteiger partial charge in [-0.05, 0) is 37.6 Å². The molecule has 0 saturated carbocycles. The summed E-state index contributed by atoms with van der Waals surface area (Å²) in [5.41, 5.74) is 1.75. The lowest BCUT2D eigenvalue weighted by atomic mass is 9.97. The quantitative estimate of drug-likeness (QED) is 0.539. The van der Waals surface area contributed by atoms with Crippen LogP contribution < -0.4 is 4.74 Å². The highest BCUT2D eigenvalue weighted by molar-refractivity contribution is 5.54. The van der Waals surface area contributed by atoms with E-state index >= 15 is 0 Å². The van der Waals surface area contributed by atoms with Crippen molar-refractivity contribution < 1.29 is 9.53 Å². The maximum absolute atomic E-state index is 10.4. The van der Waals surface area contributed by atoms with Gasteiger partial charge in [-0.3, -0.25) is 0 Å². The molecule has 1 atom stereocenters. The third kappa shape index (κ3) is 4.80. The van der Waals surface area contributed by atoms with E-state index in [1.54, 1.807) is 6.08 Å². The van der Waals surface area contributed by atoms with Crippen molar-refractivity contribution in [3.63, 3.8) is 0 Å². The summed E-state index contributed by atoms with van der Waals surface area (Å²) in [6.45, 7) is 8.93. The van der Waals surface area contributed by atoms with Crippen LogP contribution in [0.3, 0.4) is 0 Å². The third-order valence-corrected chi connectivity index (χ3v) is 3.59. The maximum atomic E-state index is 10.4. The second kappa shape index (κ2) is 8.51. The highest BCUT2D eigenvalue weighted by atomic mass is 16.5. The Morgan fingerprint density at radius 2 is 2.15 bits per heavy atom. The van der Waals surface area contributed by atoms with Crippen molar-refractivity contribution in [3.05, 3.63) is 23.8 Å². The van der Waals surface area contributed by atoms with Crippen molar-refractivity contribution >= 4 is 11.8 Å². The molecular formula is C16H24N2O2. The molecule has 0 fully saturated rings. The van der Waals surface area contributed by atoms with Crippen LogP contribution in [0.2, 0.25) is 0 Å². The van der Waals surface area contributed by atoms with Crippen LogP contribution in [-0.4, -0.2) is 37.7 Å². The number of nitrogens with zero attached hydrogens (tertiary/aromatic N) is 2. The van der Waals surface area contributed by atoms with Gasteiger partial charge in [0, 0.05) is 12.6 Å². The fraction of sp³-hybridized carbons (Fsp3) is 0.562. The molecular weight excluding hydrogens is 252 g/mol. The molecule has 1 aromatic rings. The molecule has 0 N–H and O–H groups in total. The first-order valence-corrected chi connectivity index (χ1v) is 7.15.